The number of hydrogen-bond acceptors (Lipinski definition) is 4. The van der Waals surface area contributed by atoms with Crippen LogP contribution in [0.15, 0.2) is 29.4 Å². The number of rotatable bonds is 5. The van der Waals surface area contributed by atoms with E-state index in [4.69, 9.17) is 23.8 Å². The van der Waals surface area contributed by atoms with E-state index in [2.05, 4.69) is 34.2 Å². The van der Waals surface area contributed by atoms with E-state index in [0.717, 1.165) is 5.69 Å². The summed E-state index contributed by atoms with van der Waals surface area (Å²) in [6.07, 6.45) is 1.57. The summed E-state index contributed by atoms with van der Waals surface area (Å²) in [5, 5.41) is 16.0. The molecule has 2 heterocycles. The molecule has 0 spiro atoms. The number of nitrogens with one attached hydrogen (secondary N) is 1. The first-order valence-corrected chi connectivity index (χ1v) is 8.86. The van der Waals surface area contributed by atoms with Gasteiger partial charge in [0.15, 0.2) is 5.82 Å². The molecule has 0 unspecified atom stereocenters. The second kappa shape index (κ2) is 7.51. The summed E-state index contributed by atoms with van der Waals surface area (Å²) in [5.41, 5.74) is 1.74. The largest absolute Gasteiger partial charge is 0.253 e. The number of aromatic nitrogens is 5. The van der Waals surface area contributed by atoms with Crippen molar-refractivity contribution in [2.75, 3.05) is 0 Å². The van der Waals surface area contributed by atoms with Crippen molar-refractivity contribution >= 4 is 30.0 Å². The van der Waals surface area contributed by atoms with E-state index in [0.29, 0.717) is 28.7 Å². The maximum absolute atomic E-state index is 14.1. The highest BCUT2D eigenvalue weighted by molar-refractivity contribution is 7.71. The smallest absolute Gasteiger partial charge is 0.216 e. The van der Waals surface area contributed by atoms with E-state index < -0.39 is 5.82 Å². The number of benzene rings is 1. The lowest BCUT2D eigenvalue weighted by molar-refractivity contribution is 0.482. The lowest BCUT2D eigenvalue weighted by atomic mass is 10.2. The number of aromatic amines is 1. The van der Waals surface area contributed by atoms with Crippen molar-refractivity contribution in [1.29, 1.82) is 0 Å². The Balaban J connectivity index is 2.01. The Hall–Kier alpha value is -2.32. The van der Waals surface area contributed by atoms with Gasteiger partial charge in [0, 0.05) is 6.54 Å². The van der Waals surface area contributed by atoms with Gasteiger partial charge >= 0.3 is 0 Å². The molecule has 3 aromatic rings. The first-order chi connectivity index (χ1) is 12.4. The second-order valence-corrected chi connectivity index (χ2v) is 7.00. The third-order valence-corrected chi connectivity index (χ3v) is 4.38. The summed E-state index contributed by atoms with van der Waals surface area (Å²) in [6.45, 7) is 6.74. The van der Waals surface area contributed by atoms with Gasteiger partial charge in [0.1, 0.15) is 11.0 Å². The zero-order valence-electron chi connectivity index (χ0n) is 14.6. The van der Waals surface area contributed by atoms with E-state index in [1.807, 2.05) is 6.92 Å². The Kier molecular flexibility index (Phi) is 5.33. The van der Waals surface area contributed by atoms with Crippen LogP contribution in [0.4, 0.5) is 4.39 Å². The summed E-state index contributed by atoms with van der Waals surface area (Å²) in [4.78, 5) is 0. The topological polar surface area (TPSA) is 63.8 Å². The van der Waals surface area contributed by atoms with Crippen molar-refractivity contribution in [3.8, 4) is 11.4 Å². The summed E-state index contributed by atoms with van der Waals surface area (Å²) < 4.78 is 17.5. The van der Waals surface area contributed by atoms with Gasteiger partial charge in [0.25, 0.3) is 0 Å². The molecule has 0 fully saturated rings. The van der Waals surface area contributed by atoms with Gasteiger partial charge in [0.2, 0.25) is 4.77 Å². The third-order valence-electron chi connectivity index (χ3n) is 3.71. The first-order valence-electron chi connectivity index (χ1n) is 8.08. The fraction of sp³-hybridized carbons (Fsp3) is 0.294. The van der Waals surface area contributed by atoms with Gasteiger partial charge in [-0.1, -0.05) is 37.6 Å². The minimum Gasteiger partial charge on any atom is -0.253 e. The molecule has 1 N–H and O–H groups in total. The van der Waals surface area contributed by atoms with Crippen LogP contribution in [0.2, 0.25) is 5.15 Å². The zero-order chi connectivity index (χ0) is 18.8. The molecule has 1 aromatic carbocycles. The Morgan fingerprint density at radius 3 is 2.81 bits per heavy atom. The SMILES string of the molecule is Cc1nn(CC(C)C)c(Cl)c1/C=N\n1c(-c2ccccc2F)n[nH]c1=S. The van der Waals surface area contributed by atoms with Gasteiger partial charge in [0.05, 0.1) is 23.0 Å². The quantitative estimate of drug-likeness (QED) is 0.515. The molecule has 0 saturated carbocycles. The van der Waals surface area contributed by atoms with Crippen LogP contribution in [0.25, 0.3) is 11.4 Å². The Bertz CT molecular complexity index is 1020. The zero-order valence-corrected chi connectivity index (χ0v) is 16.1. The molecular weight excluding hydrogens is 375 g/mol. The predicted molar refractivity (Wildman–Crippen MR) is 103 cm³/mol. The summed E-state index contributed by atoms with van der Waals surface area (Å²) >= 11 is 11.6. The number of nitrogens with zero attached hydrogens (tertiary/aromatic N) is 5. The van der Waals surface area contributed by atoms with E-state index in [9.17, 15) is 4.39 Å². The van der Waals surface area contributed by atoms with Gasteiger partial charge in [-0.3, -0.25) is 4.68 Å². The molecule has 0 radical (unpaired) electrons. The fourth-order valence-electron chi connectivity index (χ4n) is 2.51. The highest BCUT2D eigenvalue weighted by Gasteiger charge is 2.15. The van der Waals surface area contributed by atoms with Crippen LogP contribution in [-0.4, -0.2) is 30.9 Å². The van der Waals surface area contributed by atoms with Gasteiger partial charge in [-0.25, -0.2) is 9.49 Å². The molecule has 0 bridgehead atoms. The molecular formula is C17H18ClFN6S. The molecule has 26 heavy (non-hydrogen) atoms. The average molecular weight is 393 g/mol. The number of halogens is 2. The van der Waals surface area contributed by atoms with Crippen molar-refractivity contribution in [3.63, 3.8) is 0 Å². The minimum absolute atomic E-state index is 0.253. The highest BCUT2D eigenvalue weighted by Crippen LogP contribution is 2.22. The number of hydrogen-bond donors (Lipinski definition) is 1. The van der Waals surface area contributed by atoms with Gasteiger partial charge in [-0.15, -0.1) is 0 Å². The summed E-state index contributed by atoms with van der Waals surface area (Å²) in [5.74, 6) is 0.288. The standard InChI is InChI=1S/C17H18ClFN6S/c1-10(2)9-24-15(18)13(11(3)23-24)8-20-25-16(21-22-17(25)26)12-6-4-5-7-14(12)19/h4-8,10H,9H2,1-3H3,(H,22,26)/b20-8-. The molecule has 6 nitrogen and oxygen atoms in total. The Morgan fingerprint density at radius 1 is 1.38 bits per heavy atom. The molecule has 3 rings (SSSR count). The van der Waals surface area contributed by atoms with Crippen LogP contribution in [0.5, 0.6) is 0 Å². The van der Waals surface area contributed by atoms with Gasteiger partial charge < -0.3 is 0 Å². The molecule has 0 aliphatic carbocycles. The molecule has 0 atom stereocenters. The second-order valence-electron chi connectivity index (χ2n) is 6.25. The van der Waals surface area contributed by atoms with Crippen molar-refractivity contribution in [3.05, 3.63) is 51.3 Å². The van der Waals surface area contributed by atoms with Crippen LogP contribution in [0, 0.1) is 23.4 Å². The summed E-state index contributed by atoms with van der Waals surface area (Å²) in [6, 6.07) is 6.31. The molecule has 2 aromatic heterocycles. The lowest BCUT2D eigenvalue weighted by Gasteiger charge is -2.05. The normalized spacial score (nSPS) is 11.8. The maximum atomic E-state index is 14.1. The van der Waals surface area contributed by atoms with Gasteiger partial charge in [-0.05, 0) is 37.2 Å². The van der Waals surface area contributed by atoms with E-state index >= 15 is 0 Å². The molecule has 0 aliphatic rings. The number of aryl methyl sites for hydroxylation is 1. The maximum Gasteiger partial charge on any atom is 0.216 e. The Morgan fingerprint density at radius 2 is 2.12 bits per heavy atom. The molecule has 0 aliphatic heterocycles. The molecule has 0 saturated heterocycles. The van der Waals surface area contributed by atoms with Crippen LogP contribution >= 0.6 is 23.8 Å². The fourth-order valence-corrected chi connectivity index (χ4v) is 2.98. The lowest BCUT2D eigenvalue weighted by Crippen LogP contribution is -2.06. The Labute approximate surface area is 160 Å². The van der Waals surface area contributed by atoms with Crippen molar-refractivity contribution < 1.29 is 4.39 Å². The molecule has 0 amide bonds. The van der Waals surface area contributed by atoms with Crippen LogP contribution in [0.3, 0.4) is 0 Å². The van der Waals surface area contributed by atoms with E-state index in [1.165, 1.54) is 10.7 Å². The predicted octanol–water partition coefficient (Wildman–Crippen LogP) is 4.44. The van der Waals surface area contributed by atoms with E-state index in [-0.39, 0.29) is 10.6 Å². The molecule has 9 heteroatoms. The molecule has 136 valence electrons. The van der Waals surface area contributed by atoms with Crippen LogP contribution < -0.4 is 0 Å². The van der Waals surface area contributed by atoms with E-state index in [1.54, 1.807) is 29.1 Å². The monoisotopic (exact) mass is 392 g/mol. The average Bonchev–Trinajstić information content (AvgIpc) is 3.06. The van der Waals surface area contributed by atoms with Gasteiger partial charge in [-0.2, -0.15) is 20.0 Å². The minimum atomic E-state index is -0.406. The third kappa shape index (κ3) is 3.61. The summed E-state index contributed by atoms with van der Waals surface area (Å²) in [7, 11) is 0. The van der Waals surface area contributed by atoms with Crippen molar-refractivity contribution in [1.82, 2.24) is 24.7 Å². The highest BCUT2D eigenvalue weighted by atomic mass is 35.5. The van der Waals surface area contributed by atoms with Crippen molar-refractivity contribution in [2.45, 2.75) is 27.3 Å². The van der Waals surface area contributed by atoms with Crippen molar-refractivity contribution in [2.24, 2.45) is 11.0 Å². The first kappa shape index (κ1) is 18.5. The van der Waals surface area contributed by atoms with Crippen LogP contribution in [0.1, 0.15) is 25.1 Å². The number of H-pyrrole nitrogens is 1. The van der Waals surface area contributed by atoms with Crippen LogP contribution in [-0.2, 0) is 6.54 Å².